The van der Waals surface area contributed by atoms with E-state index in [1.54, 1.807) is 30.5 Å². The molecule has 0 amide bonds. The van der Waals surface area contributed by atoms with E-state index in [2.05, 4.69) is 15.1 Å². The maximum atomic E-state index is 13.1. The molecule has 0 atom stereocenters. The number of pyridine rings is 1. The SMILES string of the molecule is O=C(c1cccs1)n1nc(-c2ccccn2)nc1CCc1ccc(F)cc1. The van der Waals surface area contributed by atoms with Crippen LogP contribution in [0.15, 0.2) is 66.2 Å². The molecule has 0 aliphatic carbocycles. The van der Waals surface area contributed by atoms with Gasteiger partial charge in [-0.25, -0.2) is 9.37 Å². The molecule has 0 N–H and O–H groups in total. The lowest BCUT2D eigenvalue weighted by molar-refractivity contribution is 0.0945. The summed E-state index contributed by atoms with van der Waals surface area (Å²) in [5.74, 6) is 0.481. The van der Waals surface area contributed by atoms with E-state index in [1.807, 2.05) is 23.6 Å². The van der Waals surface area contributed by atoms with E-state index in [9.17, 15) is 9.18 Å². The van der Waals surface area contributed by atoms with E-state index < -0.39 is 0 Å². The van der Waals surface area contributed by atoms with Gasteiger partial charge in [0.2, 0.25) is 5.82 Å². The maximum absolute atomic E-state index is 13.1. The van der Waals surface area contributed by atoms with Crippen LogP contribution in [0.25, 0.3) is 11.5 Å². The van der Waals surface area contributed by atoms with E-state index in [4.69, 9.17) is 0 Å². The van der Waals surface area contributed by atoms with Crippen molar-refractivity contribution in [1.29, 1.82) is 0 Å². The molecule has 4 rings (SSSR count). The van der Waals surface area contributed by atoms with Crippen LogP contribution in [0.3, 0.4) is 0 Å². The molecule has 134 valence electrons. The number of rotatable bonds is 5. The van der Waals surface area contributed by atoms with Crippen LogP contribution in [0, 0.1) is 5.82 Å². The number of carbonyl (C=O) groups excluding carboxylic acids is 1. The summed E-state index contributed by atoms with van der Waals surface area (Å²) in [6.45, 7) is 0. The van der Waals surface area contributed by atoms with Crippen molar-refractivity contribution in [3.05, 3.63) is 88.3 Å². The molecular weight excluding hydrogens is 363 g/mol. The second-order valence-electron chi connectivity index (χ2n) is 5.89. The first-order valence-corrected chi connectivity index (χ1v) is 9.28. The Kier molecular flexibility index (Phi) is 4.84. The summed E-state index contributed by atoms with van der Waals surface area (Å²) in [6.07, 6.45) is 2.79. The molecule has 5 nitrogen and oxygen atoms in total. The monoisotopic (exact) mass is 378 g/mol. The van der Waals surface area contributed by atoms with E-state index in [0.717, 1.165) is 5.56 Å². The van der Waals surface area contributed by atoms with Gasteiger partial charge in [0.1, 0.15) is 17.3 Å². The van der Waals surface area contributed by atoms with Crippen molar-refractivity contribution in [2.75, 3.05) is 0 Å². The second kappa shape index (κ2) is 7.59. The fourth-order valence-corrected chi connectivity index (χ4v) is 3.33. The second-order valence-corrected chi connectivity index (χ2v) is 6.84. The summed E-state index contributed by atoms with van der Waals surface area (Å²) < 4.78 is 14.4. The van der Waals surface area contributed by atoms with Crippen LogP contribution in [0.5, 0.6) is 0 Å². The summed E-state index contributed by atoms with van der Waals surface area (Å²) in [4.78, 5) is 22.2. The summed E-state index contributed by atoms with van der Waals surface area (Å²) in [5.41, 5.74) is 1.58. The summed E-state index contributed by atoms with van der Waals surface area (Å²) in [5, 5.41) is 6.25. The molecule has 3 aromatic heterocycles. The van der Waals surface area contributed by atoms with Gasteiger partial charge in [0.05, 0.1) is 4.88 Å². The molecule has 0 spiro atoms. The molecule has 7 heteroatoms. The average Bonchev–Trinajstić information content (AvgIpc) is 3.38. The van der Waals surface area contributed by atoms with Crippen molar-refractivity contribution in [3.63, 3.8) is 0 Å². The van der Waals surface area contributed by atoms with Gasteiger partial charge in [0.25, 0.3) is 5.91 Å². The molecule has 0 radical (unpaired) electrons. The first-order valence-electron chi connectivity index (χ1n) is 8.41. The first-order chi connectivity index (χ1) is 13.2. The number of aryl methyl sites for hydroxylation is 2. The van der Waals surface area contributed by atoms with Gasteiger partial charge in [-0.2, -0.15) is 4.68 Å². The van der Waals surface area contributed by atoms with Crippen LogP contribution >= 0.6 is 11.3 Å². The molecule has 3 heterocycles. The highest BCUT2D eigenvalue weighted by Crippen LogP contribution is 2.17. The minimum absolute atomic E-state index is 0.214. The van der Waals surface area contributed by atoms with Gasteiger partial charge in [-0.1, -0.05) is 24.3 Å². The van der Waals surface area contributed by atoms with Gasteiger partial charge in [-0.15, -0.1) is 16.4 Å². The lowest BCUT2D eigenvalue weighted by atomic mass is 10.1. The van der Waals surface area contributed by atoms with Crippen LogP contribution in [0.4, 0.5) is 4.39 Å². The van der Waals surface area contributed by atoms with E-state index in [1.165, 1.54) is 28.2 Å². The van der Waals surface area contributed by atoms with Gasteiger partial charge in [0.15, 0.2) is 0 Å². The Bertz CT molecular complexity index is 1040. The predicted molar refractivity (Wildman–Crippen MR) is 101 cm³/mol. The van der Waals surface area contributed by atoms with E-state index in [0.29, 0.717) is 35.1 Å². The van der Waals surface area contributed by atoms with Crippen molar-refractivity contribution in [1.82, 2.24) is 19.7 Å². The molecule has 0 bridgehead atoms. The highest BCUT2D eigenvalue weighted by Gasteiger charge is 2.19. The smallest absolute Gasteiger partial charge is 0.266 e. The average molecular weight is 378 g/mol. The number of hydrogen-bond acceptors (Lipinski definition) is 5. The molecule has 0 aliphatic rings. The van der Waals surface area contributed by atoms with Crippen LogP contribution < -0.4 is 0 Å². The zero-order chi connectivity index (χ0) is 18.6. The Hall–Kier alpha value is -3.19. The fraction of sp³-hybridized carbons (Fsp3) is 0.100. The Morgan fingerprint density at radius 1 is 1.04 bits per heavy atom. The Labute approximate surface area is 159 Å². The lowest BCUT2D eigenvalue weighted by Gasteiger charge is -2.04. The highest BCUT2D eigenvalue weighted by molar-refractivity contribution is 7.12. The molecule has 0 saturated carbocycles. The summed E-state index contributed by atoms with van der Waals surface area (Å²) in [6, 6.07) is 15.4. The van der Waals surface area contributed by atoms with Crippen molar-refractivity contribution < 1.29 is 9.18 Å². The highest BCUT2D eigenvalue weighted by atomic mass is 32.1. The van der Waals surface area contributed by atoms with Crippen LogP contribution in [-0.4, -0.2) is 25.7 Å². The van der Waals surface area contributed by atoms with Crippen molar-refractivity contribution in [2.24, 2.45) is 0 Å². The molecule has 4 aromatic rings. The summed E-state index contributed by atoms with van der Waals surface area (Å²) >= 11 is 1.36. The quantitative estimate of drug-likeness (QED) is 0.526. The van der Waals surface area contributed by atoms with Gasteiger partial charge in [0, 0.05) is 12.6 Å². The summed E-state index contributed by atoms with van der Waals surface area (Å²) in [7, 11) is 0. The van der Waals surface area contributed by atoms with Crippen LogP contribution in [0.1, 0.15) is 21.1 Å². The minimum atomic E-state index is -0.271. The Morgan fingerprint density at radius 3 is 2.59 bits per heavy atom. The first kappa shape index (κ1) is 17.2. The normalized spacial score (nSPS) is 10.9. The fourth-order valence-electron chi connectivity index (χ4n) is 2.68. The number of halogens is 1. The third-order valence-corrected chi connectivity index (χ3v) is 4.90. The van der Waals surface area contributed by atoms with Gasteiger partial charge in [-0.3, -0.25) is 9.78 Å². The number of thiophene rings is 1. The van der Waals surface area contributed by atoms with E-state index in [-0.39, 0.29) is 11.7 Å². The topological polar surface area (TPSA) is 60.7 Å². The van der Waals surface area contributed by atoms with Crippen LogP contribution in [-0.2, 0) is 12.8 Å². The molecule has 0 aliphatic heterocycles. The predicted octanol–water partition coefficient (Wildman–Crippen LogP) is 4.01. The van der Waals surface area contributed by atoms with Gasteiger partial charge in [-0.05, 0) is 47.7 Å². The minimum Gasteiger partial charge on any atom is -0.266 e. The van der Waals surface area contributed by atoms with E-state index >= 15 is 0 Å². The number of carbonyl (C=O) groups is 1. The van der Waals surface area contributed by atoms with Crippen molar-refractivity contribution in [2.45, 2.75) is 12.8 Å². The lowest BCUT2D eigenvalue weighted by Crippen LogP contribution is -2.16. The maximum Gasteiger partial charge on any atom is 0.289 e. The number of nitrogens with zero attached hydrogens (tertiary/aromatic N) is 4. The Balaban J connectivity index is 1.66. The third kappa shape index (κ3) is 3.83. The third-order valence-electron chi connectivity index (χ3n) is 4.04. The largest absolute Gasteiger partial charge is 0.289 e. The van der Waals surface area contributed by atoms with Crippen molar-refractivity contribution >= 4 is 17.2 Å². The van der Waals surface area contributed by atoms with Gasteiger partial charge >= 0.3 is 0 Å². The van der Waals surface area contributed by atoms with Gasteiger partial charge < -0.3 is 0 Å². The van der Waals surface area contributed by atoms with Crippen molar-refractivity contribution in [3.8, 4) is 11.5 Å². The molecule has 0 fully saturated rings. The number of benzene rings is 1. The molecular formula is C20H15FN4OS. The zero-order valence-corrected chi connectivity index (χ0v) is 15.1. The molecule has 0 saturated heterocycles. The molecule has 1 aromatic carbocycles. The zero-order valence-electron chi connectivity index (χ0n) is 14.2. The molecule has 0 unspecified atom stereocenters. The number of hydrogen-bond donors (Lipinski definition) is 0. The van der Waals surface area contributed by atoms with Crippen LogP contribution in [0.2, 0.25) is 0 Å². The standard InChI is InChI=1S/C20H15FN4OS/c21-15-9-6-14(7-10-15)8-11-18-23-19(16-4-1-2-12-22-16)24-25(18)20(26)17-5-3-13-27-17/h1-7,9-10,12-13H,8,11H2. The molecule has 27 heavy (non-hydrogen) atoms. The number of aromatic nitrogens is 4. The Morgan fingerprint density at radius 2 is 1.89 bits per heavy atom.